The van der Waals surface area contributed by atoms with Crippen molar-refractivity contribution in [2.24, 2.45) is 5.41 Å². The topological polar surface area (TPSA) is 133 Å². The van der Waals surface area contributed by atoms with E-state index in [1.807, 2.05) is 0 Å². The Morgan fingerprint density at radius 1 is 1.00 bits per heavy atom. The zero-order valence-corrected chi connectivity index (χ0v) is 16.8. The smallest absolute Gasteiger partial charge is 0.333 e. The summed E-state index contributed by atoms with van der Waals surface area (Å²) in [5.74, 6) is -2.44. The summed E-state index contributed by atoms with van der Waals surface area (Å²) in [7, 11) is -4.40. The Bertz CT molecular complexity index is 676. The molecular formula is C17H26O9S. The SMILES string of the molecule is C=C(C)C(=O)OCC(CC)(COC(=O)C(=C)C)C(=O)OCC(C)S(=O)(=O)O. The molecule has 0 bridgehead atoms. The third kappa shape index (κ3) is 7.92. The molecule has 0 saturated heterocycles. The zero-order chi connectivity index (χ0) is 21.4. The van der Waals surface area contributed by atoms with Gasteiger partial charge >= 0.3 is 17.9 Å². The fraction of sp³-hybridized carbons (Fsp3) is 0.588. The van der Waals surface area contributed by atoms with E-state index in [0.717, 1.165) is 6.92 Å². The molecular weight excluding hydrogens is 380 g/mol. The predicted molar refractivity (Wildman–Crippen MR) is 96.2 cm³/mol. The summed E-state index contributed by atoms with van der Waals surface area (Å²) in [6, 6.07) is 0. The first kappa shape index (κ1) is 24.8. The van der Waals surface area contributed by atoms with Crippen LogP contribution in [-0.2, 0) is 38.7 Å². The second kappa shape index (κ2) is 10.2. The number of rotatable bonds is 11. The molecule has 1 N–H and O–H groups in total. The van der Waals surface area contributed by atoms with Crippen molar-refractivity contribution in [2.45, 2.75) is 39.4 Å². The molecule has 0 aliphatic carbocycles. The van der Waals surface area contributed by atoms with E-state index in [1.165, 1.54) is 13.8 Å². The molecule has 0 aliphatic heterocycles. The highest BCUT2D eigenvalue weighted by molar-refractivity contribution is 7.86. The van der Waals surface area contributed by atoms with Crippen LogP contribution in [0.15, 0.2) is 24.3 Å². The van der Waals surface area contributed by atoms with Crippen LogP contribution in [0.4, 0.5) is 0 Å². The molecule has 0 aliphatic rings. The van der Waals surface area contributed by atoms with Crippen LogP contribution in [0.1, 0.15) is 34.1 Å². The van der Waals surface area contributed by atoms with E-state index in [4.69, 9.17) is 18.8 Å². The van der Waals surface area contributed by atoms with Crippen LogP contribution >= 0.6 is 0 Å². The minimum Gasteiger partial charge on any atom is -0.464 e. The van der Waals surface area contributed by atoms with E-state index in [9.17, 15) is 22.8 Å². The van der Waals surface area contributed by atoms with Crippen molar-refractivity contribution in [1.29, 1.82) is 0 Å². The molecule has 10 heteroatoms. The number of ether oxygens (including phenoxy) is 3. The maximum Gasteiger partial charge on any atom is 0.333 e. The second-order valence-corrected chi connectivity index (χ2v) is 8.11. The third-order valence-corrected chi connectivity index (χ3v) is 4.88. The molecule has 0 fully saturated rings. The quantitative estimate of drug-likeness (QED) is 0.234. The highest BCUT2D eigenvalue weighted by Gasteiger charge is 2.42. The van der Waals surface area contributed by atoms with Crippen molar-refractivity contribution >= 4 is 28.0 Å². The van der Waals surface area contributed by atoms with Gasteiger partial charge < -0.3 is 14.2 Å². The number of carbonyl (C=O) groups excluding carboxylic acids is 3. The van der Waals surface area contributed by atoms with Gasteiger partial charge in [0.15, 0.2) is 0 Å². The molecule has 0 aromatic carbocycles. The standard InChI is InChI=1S/C17H26O9S/c1-7-17(9-25-14(18)11(2)3,10-26-15(19)12(4)5)16(20)24-8-13(6)27(21,22)23/h13H,2,4,7-10H2,1,3,5-6H3,(H,21,22,23). The highest BCUT2D eigenvalue weighted by Crippen LogP contribution is 2.26. The normalized spacial score (nSPS) is 12.6. The van der Waals surface area contributed by atoms with Gasteiger partial charge in [-0.15, -0.1) is 0 Å². The Kier molecular flexibility index (Phi) is 9.38. The minimum atomic E-state index is -4.40. The first-order chi connectivity index (χ1) is 12.3. The van der Waals surface area contributed by atoms with E-state index < -0.39 is 58.5 Å². The average Bonchev–Trinajstić information content (AvgIpc) is 2.58. The number of esters is 3. The van der Waals surface area contributed by atoms with Gasteiger partial charge in [-0.3, -0.25) is 9.35 Å². The first-order valence-corrected chi connectivity index (χ1v) is 9.56. The van der Waals surface area contributed by atoms with Crippen molar-refractivity contribution in [1.82, 2.24) is 0 Å². The maximum atomic E-state index is 12.6. The summed E-state index contributed by atoms with van der Waals surface area (Å²) in [5, 5.41) is -1.35. The number of hydrogen-bond donors (Lipinski definition) is 1. The van der Waals surface area contributed by atoms with Crippen LogP contribution in [-0.4, -0.2) is 55.9 Å². The molecule has 1 unspecified atom stereocenters. The molecule has 0 aromatic heterocycles. The van der Waals surface area contributed by atoms with Gasteiger partial charge in [-0.2, -0.15) is 8.42 Å². The van der Waals surface area contributed by atoms with Crippen molar-refractivity contribution in [3.05, 3.63) is 24.3 Å². The van der Waals surface area contributed by atoms with E-state index in [-0.39, 0.29) is 17.6 Å². The van der Waals surface area contributed by atoms with Crippen molar-refractivity contribution in [2.75, 3.05) is 19.8 Å². The summed E-state index contributed by atoms with van der Waals surface area (Å²) in [6.07, 6.45) is 0.0546. The van der Waals surface area contributed by atoms with Gasteiger partial charge in [0.2, 0.25) is 0 Å². The Morgan fingerprint density at radius 3 is 1.70 bits per heavy atom. The molecule has 0 aromatic rings. The highest BCUT2D eigenvalue weighted by atomic mass is 32.2. The Balaban J connectivity index is 5.41. The van der Waals surface area contributed by atoms with Crippen LogP contribution in [0.2, 0.25) is 0 Å². The molecule has 0 heterocycles. The molecule has 0 radical (unpaired) electrons. The fourth-order valence-corrected chi connectivity index (χ4v) is 1.83. The summed E-state index contributed by atoms with van der Waals surface area (Å²) in [4.78, 5) is 35.9. The molecule has 0 spiro atoms. The van der Waals surface area contributed by atoms with Gasteiger partial charge in [-0.05, 0) is 27.2 Å². The van der Waals surface area contributed by atoms with Crippen LogP contribution in [0.5, 0.6) is 0 Å². The summed E-state index contributed by atoms with van der Waals surface area (Å²) in [6.45, 7) is 10.9. The van der Waals surface area contributed by atoms with Crippen molar-refractivity contribution < 1.29 is 41.6 Å². The van der Waals surface area contributed by atoms with Gasteiger partial charge in [-0.1, -0.05) is 20.1 Å². The van der Waals surface area contributed by atoms with Crippen LogP contribution in [0.3, 0.4) is 0 Å². The lowest BCUT2D eigenvalue weighted by Crippen LogP contribution is -2.43. The monoisotopic (exact) mass is 406 g/mol. The maximum absolute atomic E-state index is 12.6. The minimum absolute atomic E-state index is 0.0546. The lowest BCUT2D eigenvalue weighted by Gasteiger charge is -2.29. The van der Waals surface area contributed by atoms with Crippen molar-refractivity contribution in [3.63, 3.8) is 0 Å². The van der Waals surface area contributed by atoms with E-state index in [0.29, 0.717) is 0 Å². The summed E-state index contributed by atoms with van der Waals surface area (Å²) >= 11 is 0. The summed E-state index contributed by atoms with van der Waals surface area (Å²) < 4.78 is 46.1. The second-order valence-electron chi connectivity index (χ2n) is 6.27. The summed E-state index contributed by atoms with van der Waals surface area (Å²) in [5.41, 5.74) is -1.35. The third-order valence-electron chi connectivity index (χ3n) is 3.72. The molecule has 0 rings (SSSR count). The van der Waals surface area contributed by atoms with Gasteiger partial charge in [0.05, 0.1) is 0 Å². The Morgan fingerprint density at radius 2 is 1.41 bits per heavy atom. The fourth-order valence-electron chi connectivity index (χ4n) is 1.59. The average molecular weight is 406 g/mol. The van der Waals surface area contributed by atoms with Gasteiger partial charge in [0.1, 0.15) is 30.5 Å². The van der Waals surface area contributed by atoms with Crippen molar-refractivity contribution in [3.8, 4) is 0 Å². The molecule has 27 heavy (non-hydrogen) atoms. The predicted octanol–water partition coefficient (Wildman–Crippen LogP) is 1.44. The van der Waals surface area contributed by atoms with Crippen LogP contribution < -0.4 is 0 Å². The lowest BCUT2D eigenvalue weighted by atomic mass is 9.87. The van der Waals surface area contributed by atoms with E-state index in [1.54, 1.807) is 6.92 Å². The Hall–Kier alpha value is -2.20. The van der Waals surface area contributed by atoms with Crippen LogP contribution in [0.25, 0.3) is 0 Å². The molecule has 9 nitrogen and oxygen atoms in total. The zero-order valence-electron chi connectivity index (χ0n) is 15.9. The first-order valence-electron chi connectivity index (χ1n) is 8.05. The molecule has 0 saturated carbocycles. The lowest BCUT2D eigenvalue weighted by molar-refractivity contribution is -0.170. The van der Waals surface area contributed by atoms with Crippen LogP contribution in [0, 0.1) is 5.41 Å². The number of carbonyl (C=O) groups is 3. The molecule has 1 atom stereocenters. The van der Waals surface area contributed by atoms with E-state index in [2.05, 4.69) is 13.2 Å². The molecule has 154 valence electrons. The van der Waals surface area contributed by atoms with E-state index >= 15 is 0 Å². The Labute approximate surface area is 159 Å². The van der Waals surface area contributed by atoms with Gasteiger partial charge in [-0.25, -0.2) is 9.59 Å². The molecule has 0 amide bonds. The van der Waals surface area contributed by atoms with Gasteiger partial charge in [0.25, 0.3) is 10.1 Å². The number of hydrogen-bond acceptors (Lipinski definition) is 8. The van der Waals surface area contributed by atoms with Gasteiger partial charge in [0, 0.05) is 11.1 Å². The largest absolute Gasteiger partial charge is 0.464 e.